The van der Waals surface area contributed by atoms with Crippen LogP contribution in [-0.2, 0) is 6.54 Å². The zero-order valence-electron chi connectivity index (χ0n) is 22.0. The first-order valence-electron chi connectivity index (χ1n) is 12.8. The van der Waals surface area contributed by atoms with E-state index in [9.17, 15) is 9.59 Å². The first-order valence-corrected chi connectivity index (χ1v) is 12.8. The van der Waals surface area contributed by atoms with Gasteiger partial charge in [0, 0.05) is 68.7 Å². The monoisotopic (exact) mass is 540 g/mol. The van der Waals surface area contributed by atoms with E-state index in [0.717, 1.165) is 23.8 Å². The van der Waals surface area contributed by atoms with Crippen molar-refractivity contribution in [3.63, 3.8) is 0 Å². The number of aldehydes is 1. The number of nitrogens with zero attached hydrogens (tertiary/aromatic N) is 7. The van der Waals surface area contributed by atoms with Crippen molar-refractivity contribution < 1.29 is 19.1 Å². The summed E-state index contributed by atoms with van der Waals surface area (Å²) in [4.78, 5) is 33.1. The molecule has 0 radical (unpaired) electrons. The van der Waals surface area contributed by atoms with Gasteiger partial charge in [-0.05, 0) is 30.3 Å². The van der Waals surface area contributed by atoms with E-state index in [1.54, 1.807) is 59.5 Å². The number of fused-ring (bicyclic) bond motifs is 1. The summed E-state index contributed by atoms with van der Waals surface area (Å²) in [7, 11) is 1.57. The van der Waals surface area contributed by atoms with Gasteiger partial charge in [-0.2, -0.15) is 5.26 Å². The van der Waals surface area contributed by atoms with E-state index >= 15 is 0 Å². The Labute approximate surface area is 230 Å². The van der Waals surface area contributed by atoms with Crippen molar-refractivity contribution >= 4 is 34.6 Å². The molecule has 0 saturated carbocycles. The highest BCUT2D eigenvalue weighted by Gasteiger charge is 2.25. The second-order valence-corrected chi connectivity index (χ2v) is 9.16. The molecule has 5 rings (SSSR count). The number of hydrogen-bond donors (Lipinski definition) is 1. The number of amides is 2. The predicted octanol–water partition coefficient (Wildman–Crippen LogP) is 3.34. The number of rotatable bonds is 9. The van der Waals surface area contributed by atoms with Gasteiger partial charge in [0.15, 0.2) is 17.8 Å². The Kier molecular flexibility index (Phi) is 8.01. The molecule has 0 spiro atoms. The van der Waals surface area contributed by atoms with E-state index in [4.69, 9.17) is 14.7 Å². The lowest BCUT2D eigenvalue weighted by Gasteiger charge is -2.37. The number of piperazine rings is 1. The SMILES string of the molecule is COc1cc2c(N3CCN(C(=O)Nc4ccc(C#N)cc4)CC3)c(C=O)cnc2cc1OCCCn1ccnn1. The molecule has 1 fully saturated rings. The predicted molar refractivity (Wildman–Crippen MR) is 148 cm³/mol. The van der Waals surface area contributed by atoms with Crippen molar-refractivity contribution in [2.75, 3.05) is 50.1 Å². The fourth-order valence-corrected chi connectivity index (χ4v) is 4.64. The van der Waals surface area contributed by atoms with Crippen LogP contribution >= 0.6 is 0 Å². The summed E-state index contributed by atoms with van der Waals surface area (Å²) in [5.41, 5.74) is 3.04. The molecule has 204 valence electrons. The van der Waals surface area contributed by atoms with Crippen LogP contribution in [-0.4, -0.2) is 77.1 Å². The summed E-state index contributed by atoms with van der Waals surface area (Å²) in [6.45, 7) is 3.13. The summed E-state index contributed by atoms with van der Waals surface area (Å²) >= 11 is 0. The lowest BCUT2D eigenvalue weighted by molar-refractivity contribution is 0.112. The number of nitrogens with one attached hydrogen (secondary N) is 1. The standard InChI is InChI=1S/C28H28N8O4/c1-39-25-15-23-24(16-26(25)40-14-2-8-36-9-7-31-33-36)30-18-21(19-37)27(23)34-10-12-35(13-11-34)28(38)32-22-5-3-20(17-29)4-6-22/h3-7,9,15-16,18-19H,2,8,10-14H2,1H3,(H,32,38). The van der Waals surface area contributed by atoms with Crippen LogP contribution < -0.4 is 19.7 Å². The number of methoxy groups -OCH3 is 1. The molecule has 0 bridgehead atoms. The zero-order valence-corrected chi connectivity index (χ0v) is 22.0. The normalized spacial score (nSPS) is 13.1. The van der Waals surface area contributed by atoms with Crippen LogP contribution in [0.5, 0.6) is 11.5 Å². The molecular weight excluding hydrogens is 512 g/mol. The third-order valence-electron chi connectivity index (χ3n) is 6.69. The van der Waals surface area contributed by atoms with Crippen molar-refractivity contribution in [1.29, 1.82) is 5.26 Å². The molecule has 2 aromatic carbocycles. The van der Waals surface area contributed by atoms with Gasteiger partial charge in [0.05, 0.1) is 48.3 Å². The number of hydrogen-bond acceptors (Lipinski definition) is 9. The number of aryl methyl sites for hydroxylation is 1. The molecule has 1 aliphatic heterocycles. The summed E-state index contributed by atoms with van der Waals surface area (Å²) in [5.74, 6) is 1.11. The fraction of sp³-hybridized carbons (Fsp3) is 0.286. The first-order chi connectivity index (χ1) is 19.6. The fourth-order valence-electron chi connectivity index (χ4n) is 4.64. The number of carbonyl (C=O) groups is 2. The number of nitriles is 1. The van der Waals surface area contributed by atoms with Crippen molar-refractivity contribution in [3.05, 3.63) is 66.1 Å². The summed E-state index contributed by atoms with van der Waals surface area (Å²) < 4.78 is 13.4. The van der Waals surface area contributed by atoms with Crippen molar-refractivity contribution in [2.24, 2.45) is 0 Å². The average Bonchev–Trinajstić information content (AvgIpc) is 3.52. The lowest BCUT2D eigenvalue weighted by Crippen LogP contribution is -2.50. The van der Waals surface area contributed by atoms with Gasteiger partial charge in [-0.1, -0.05) is 5.21 Å². The molecule has 1 saturated heterocycles. The van der Waals surface area contributed by atoms with Crippen LogP contribution in [0.15, 0.2) is 55.0 Å². The van der Waals surface area contributed by atoms with Gasteiger partial charge in [0.2, 0.25) is 0 Å². The van der Waals surface area contributed by atoms with E-state index in [2.05, 4.69) is 31.6 Å². The van der Waals surface area contributed by atoms with Crippen LogP contribution in [0.2, 0.25) is 0 Å². The van der Waals surface area contributed by atoms with Gasteiger partial charge in [0.1, 0.15) is 0 Å². The minimum absolute atomic E-state index is 0.216. The highest BCUT2D eigenvalue weighted by Crippen LogP contribution is 2.37. The van der Waals surface area contributed by atoms with E-state index in [1.807, 2.05) is 12.1 Å². The second-order valence-electron chi connectivity index (χ2n) is 9.16. The summed E-state index contributed by atoms with van der Waals surface area (Å²) in [6.07, 6.45) is 6.53. The van der Waals surface area contributed by atoms with Crippen LogP contribution in [0.4, 0.5) is 16.2 Å². The number of benzene rings is 2. The highest BCUT2D eigenvalue weighted by molar-refractivity contribution is 6.02. The largest absolute Gasteiger partial charge is 0.493 e. The number of anilines is 2. The minimum atomic E-state index is -0.216. The lowest BCUT2D eigenvalue weighted by atomic mass is 10.1. The average molecular weight is 541 g/mol. The van der Waals surface area contributed by atoms with Crippen LogP contribution in [0.25, 0.3) is 10.9 Å². The molecule has 2 amide bonds. The van der Waals surface area contributed by atoms with Crippen molar-refractivity contribution in [2.45, 2.75) is 13.0 Å². The number of carbonyl (C=O) groups excluding carboxylic acids is 2. The van der Waals surface area contributed by atoms with Gasteiger partial charge in [-0.25, -0.2) is 4.79 Å². The van der Waals surface area contributed by atoms with Gasteiger partial charge in [-0.3, -0.25) is 14.5 Å². The van der Waals surface area contributed by atoms with Crippen LogP contribution in [0, 0.1) is 11.3 Å². The van der Waals surface area contributed by atoms with E-state index in [0.29, 0.717) is 73.2 Å². The Morgan fingerprint density at radius 1 is 1.15 bits per heavy atom. The second kappa shape index (κ2) is 12.1. The maximum Gasteiger partial charge on any atom is 0.321 e. The van der Waals surface area contributed by atoms with Gasteiger partial charge >= 0.3 is 6.03 Å². The van der Waals surface area contributed by atoms with Gasteiger partial charge in [-0.15, -0.1) is 5.10 Å². The topological polar surface area (TPSA) is 138 Å². The maximum absolute atomic E-state index is 12.8. The Bertz CT molecular complexity index is 1520. The van der Waals surface area contributed by atoms with Crippen LogP contribution in [0.1, 0.15) is 22.3 Å². The third-order valence-corrected chi connectivity index (χ3v) is 6.69. The Hall–Kier alpha value is -5.18. The molecule has 40 heavy (non-hydrogen) atoms. The third kappa shape index (κ3) is 5.78. The molecule has 0 aliphatic carbocycles. The van der Waals surface area contributed by atoms with Crippen molar-refractivity contribution in [1.82, 2.24) is 24.9 Å². The highest BCUT2D eigenvalue weighted by atomic mass is 16.5. The van der Waals surface area contributed by atoms with E-state index in [-0.39, 0.29) is 6.03 Å². The summed E-state index contributed by atoms with van der Waals surface area (Å²) in [6, 6.07) is 12.2. The van der Waals surface area contributed by atoms with E-state index in [1.165, 1.54) is 0 Å². The molecule has 12 heteroatoms. The zero-order chi connectivity index (χ0) is 27.9. The molecule has 12 nitrogen and oxygen atoms in total. The van der Waals surface area contributed by atoms with Crippen LogP contribution in [0.3, 0.4) is 0 Å². The number of pyridine rings is 1. The Morgan fingerprint density at radius 2 is 1.95 bits per heavy atom. The smallest absolute Gasteiger partial charge is 0.321 e. The quantitative estimate of drug-likeness (QED) is 0.250. The first kappa shape index (κ1) is 26.4. The minimum Gasteiger partial charge on any atom is -0.493 e. The molecule has 2 aromatic heterocycles. The molecular formula is C28H28N8O4. The number of aromatic nitrogens is 4. The molecule has 3 heterocycles. The molecule has 1 N–H and O–H groups in total. The number of urea groups is 1. The Balaban J connectivity index is 1.29. The van der Waals surface area contributed by atoms with Crippen molar-refractivity contribution in [3.8, 4) is 17.6 Å². The Morgan fingerprint density at radius 3 is 2.62 bits per heavy atom. The molecule has 0 atom stereocenters. The molecule has 4 aromatic rings. The van der Waals surface area contributed by atoms with Gasteiger partial charge in [0.25, 0.3) is 0 Å². The van der Waals surface area contributed by atoms with Gasteiger partial charge < -0.3 is 24.6 Å². The molecule has 1 aliphatic rings. The molecule has 0 unspecified atom stereocenters. The summed E-state index contributed by atoms with van der Waals surface area (Å²) in [5, 5.41) is 20.4. The maximum atomic E-state index is 12.8. The number of ether oxygens (including phenoxy) is 2. The van der Waals surface area contributed by atoms with E-state index < -0.39 is 0 Å².